The van der Waals surface area contributed by atoms with Crippen LogP contribution in [0.5, 0.6) is 0 Å². The Morgan fingerprint density at radius 3 is 2.38 bits per heavy atom. The van der Waals surface area contributed by atoms with E-state index in [4.69, 9.17) is 16.3 Å². The maximum atomic E-state index is 13.1. The van der Waals surface area contributed by atoms with Gasteiger partial charge in [0.05, 0.1) is 18.8 Å². The van der Waals surface area contributed by atoms with E-state index < -0.39 is 6.10 Å². The third-order valence-electron chi connectivity index (χ3n) is 5.35. The summed E-state index contributed by atoms with van der Waals surface area (Å²) in [5.41, 5.74) is 2.18. The maximum absolute atomic E-state index is 13.1. The van der Waals surface area contributed by atoms with Crippen LogP contribution in [0.2, 0.25) is 5.02 Å². The lowest BCUT2D eigenvalue weighted by Gasteiger charge is -2.25. The van der Waals surface area contributed by atoms with Crippen molar-refractivity contribution in [2.24, 2.45) is 0 Å². The van der Waals surface area contributed by atoms with E-state index in [1.54, 1.807) is 0 Å². The van der Waals surface area contributed by atoms with E-state index in [9.17, 15) is 9.50 Å². The summed E-state index contributed by atoms with van der Waals surface area (Å²) in [5.74, 6) is -0.197. The Kier molecular flexibility index (Phi) is 8.45. The average Bonchev–Trinajstić information content (AvgIpc) is 2.93. The number of aliphatic hydroxyl groups excluding tert-OH is 1. The lowest BCUT2D eigenvalue weighted by atomic mass is 10.1. The predicted octanol–water partition coefficient (Wildman–Crippen LogP) is 4.13. The van der Waals surface area contributed by atoms with Crippen molar-refractivity contribution in [3.63, 3.8) is 0 Å². The van der Waals surface area contributed by atoms with E-state index in [0.717, 1.165) is 50.3 Å². The zero-order valence-corrected chi connectivity index (χ0v) is 17.7. The number of rotatable bonds is 8. The van der Waals surface area contributed by atoms with Crippen molar-refractivity contribution >= 4 is 11.6 Å². The molecule has 0 spiro atoms. The first-order valence-electron chi connectivity index (χ1n) is 10.2. The van der Waals surface area contributed by atoms with Gasteiger partial charge >= 0.3 is 0 Å². The summed E-state index contributed by atoms with van der Waals surface area (Å²) in [7, 11) is 0. The van der Waals surface area contributed by atoms with Crippen molar-refractivity contribution in [3.8, 4) is 0 Å². The summed E-state index contributed by atoms with van der Waals surface area (Å²) in [6.07, 6.45) is 0.446. The molecule has 4 nitrogen and oxygen atoms in total. The largest absolute Gasteiger partial charge is 0.389 e. The normalized spacial score (nSPS) is 18.3. The van der Waals surface area contributed by atoms with Crippen LogP contribution in [0.3, 0.4) is 0 Å². The second kappa shape index (κ2) is 11.0. The molecule has 0 bridgehead atoms. The lowest BCUT2D eigenvalue weighted by Crippen LogP contribution is -2.37. The van der Waals surface area contributed by atoms with Crippen LogP contribution in [0.25, 0.3) is 0 Å². The summed E-state index contributed by atoms with van der Waals surface area (Å²) in [4.78, 5) is 4.68. The third kappa shape index (κ3) is 7.36. The molecule has 1 N–H and O–H groups in total. The van der Waals surface area contributed by atoms with Crippen LogP contribution in [0.1, 0.15) is 30.6 Å². The molecule has 0 aliphatic carbocycles. The molecule has 3 rings (SSSR count). The Bertz CT molecular complexity index is 742. The molecular weight excluding hydrogens is 391 g/mol. The molecule has 0 saturated carbocycles. The van der Waals surface area contributed by atoms with Gasteiger partial charge in [-0.2, -0.15) is 0 Å². The third-order valence-corrected chi connectivity index (χ3v) is 5.60. The highest BCUT2D eigenvalue weighted by atomic mass is 35.5. The number of benzene rings is 2. The zero-order valence-electron chi connectivity index (χ0n) is 16.9. The molecule has 29 heavy (non-hydrogen) atoms. The zero-order chi connectivity index (χ0) is 20.6. The van der Waals surface area contributed by atoms with Crippen LogP contribution < -0.4 is 0 Å². The molecule has 2 atom stereocenters. The number of ether oxygens (including phenoxy) is 1. The van der Waals surface area contributed by atoms with E-state index in [0.29, 0.717) is 18.2 Å². The van der Waals surface area contributed by atoms with Crippen molar-refractivity contribution in [3.05, 3.63) is 70.5 Å². The predicted molar refractivity (Wildman–Crippen MR) is 115 cm³/mol. The summed E-state index contributed by atoms with van der Waals surface area (Å²) >= 11 is 5.92. The molecule has 158 valence electrons. The lowest BCUT2D eigenvalue weighted by molar-refractivity contribution is -0.0152. The highest BCUT2D eigenvalue weighted by Gasteiger charge is 2.18. The van der Waals surface area contributed by atoms with Gasteiger partial charge in [0.1, 0.15) is 5.82 Å². The second-order valence-electron chi connectivity index (χ2n) is 7.74. The van der Waals surface area contributed by atoms with Crippen LogP contribution in [-0.4, -0.2) is 60.3 Å². The summed E-state index contributed by atoms with van der Waals surface area (Å²) in [6.45, 7) is 7.54. The quantitative estimate of drug-likeness (QED) is 0.696. The molecule has 0 radical (unpaired) electrons. The minimum atomic E-state index is -0.520. The monoisotopic (exact) mass is 420 g/mol. The fourth-order valence-electron chi connectivity index (χ4n) is 3.65. The molecule has 1 aliphatic heterocycles. The fourth-order valence-corrected chi connectivity index (χ4v) is 3.78. The van der Waals surface area contributed by atoms with Gasteiger partial charge in [-0.3, -0.25) is 9.80 Å². The van der Waals surface area contributed by atoms with E-state index in [1.165, 1.54) is 12.1 Å². The SMILES string of the molecule is CC(OCC(O)CN1CCCN(Cc2ccc(F)cc2)CC1)c1ccc(Cl)cc1. The molecule has 1 saturated heterocycles. The Balaban J connectivity index is 1.39. The summed E-state index contributed by atoms with van der Waals surface area (Å²) in [5, 5.41) is 11.1. The van der Waals surface area contributed by atoms with Gasteiger partial charge in [0.2, 0.25) is 0 Å². The minimum absolute atomic E-state index is 0.0859. The Morgan fingerprint density at radius 2 is 1.66 bits per heavy atom. The number of hydrogen-bond donors (Lipinski definition) is 1. The first-order chi connectivity index (χ1) is 14.0. The van der Waals surface area contributed by atoms with Gasteiger partial charge < -0.3 is 9.84 Å². The Labute approximate surface area is 177 Å². The van der Waals surface area contributed by atoms with E-state index >= 15 is 0 Å². The van der Waals surface area contributed by atoms with Gasteiger partial charge in [-0.05, 0) is 61.8 Å². The van der Waals surface area contributed by atoms with E-state index in [1.807, 2.05) is 43.3 Å². The van der Waals surface area contributed by atoms with Gasteiger partial charge in [0.25, 0.3) is 0 Å². The second-order valence-corrected chi connectivity index (χ2v) is 8.17. The highest BCUT2D eigenvalue weighted by molar-refractivity contribution is 6.30. The van der Waals surface area contributed by atoms with Crippen molar-refractivity contribution in [1.29, 1.82) is 0 Å². The number of halogens is 2. The van der Waals surface area contributed by atoms with Crippen LogP contribution in [0, 0.1) is 5.82 Å². The molecule has 0 amide bonds. The van der Waals surface area contributed by atoms with Crippen molar-refractivity contribution in [2.75, 3.05) is 39.3 Å². The first kappa shape index (κ1) is 22.2. The number of nitrogens with zero attached hydrogens (tertiary/aromatic N) is 2. The Morgan fingerprint density at radius 1 is 1.00 bits per heavy atom. The molecule has 2 aromatic rings. The average molecular weight is 421 g/mol. The summed E-state index contributed by atoms with van der Waals surface area (Å²) in [6, 6.07) is 14.3. The van der Waals surface area contributed by atoms with Gasteiger partial charge in [-0.25, -0.2) is 4.39 Å². The molecule has 1 heterocycles. The van der Waals surface area contributed by atoms with Crippen molar-refractivity contribution in [1.82, 2.24) is 9.80 Å². The van der Waals surface area contributed by atoms with E-state index in [-0.39, 0.29) is 11.9 Å². The molecule has 2 aromatic carbocycles. The standard InChI is InChI=1S/C23H30ClFN2O2/c1-18(20-5-7-21(24)8-6-20)29-17-23(28)16-27-12-2-11-26(13-14-27)15-19-3-9-22(25)10-4-19/h3-10,18,23,28H,2,11-17H2,1H3. The van der Waals surface area contributed by atoms with Gasteiger partial charge in [0, 0.05) is 31.2 Å². The minimum Gasteiger partial charge on any atom is -0.389 e. The smallest absolute Gasteiger partial charge is 0.123 e. The molecule has 1 aliphatic rings. The van der Waals surface area contributed by atoms with Gasteiger partial charge in [0.15, 0.2) is 0 Å². The van der Waals surface area contributed by atoms with Crippen LogP contribution in [0.15, 0.2) is 48.5 Å². The molecule has 6 heteroatoms. The Hall–Kier alpha value is -1.50. The number of β-amino-alcohol motifs (C(OH)–C–C–N with tert-alkyl or cyclic N) is 1. The van der Waals surface area contributed by atoms with Crippen LogP contribution >= 0.6 is 11.6 Å². The molecule has 0 aromatic heterocycles. The maximum Gasteiger partial charge on any atom is 0.123 e. The molecule has 2 unspecified atom stereocenters. The van der Waals surface area contributed by atoms with E-state index in [2.05, 4.69) is 9.80 Å². The fraction of sp³-hybridized carbons (Fsp3) is 0.478. The topological polar surface area (TPSA) is 35.9 Å². The first-order valence-corrected chi connectivity index (χ1v) is 10.6. The van der Waals surface area contributed by atoms with Gasteiger partial charge in [-0.15, -0.1) is 0 Å². The number of hydrogen-bond acceptors (Lipinski definition) is 4. The summed E-state index contributed by atoms with van der Waals surface area (Å²) < 4.78 is 18.9. The molecular formula is C23H30ClFN2O2. The van der Waals surface area contributed by atoms with Crippen molar-refractivity contribution in [2.45, 2.75) is 32.1 Å². The van der Waals surface area contributed by atoms with Gasteiger partial charge in [-0.1, -0.05) is 35.9 Å². The van der Waals surface area contributed by atoms with Crippen molar-refractivity contribution < 1.29 is 14.2 Å². The van der Waals surface area contributed by atoms with Crippen LogP contribution in [-0.2, 0) is 11.3 Å². The highest BCUT2D eigenvalue weighted by Crippen LogP contribution is 2.19. The van der Waals surface area contributed by atoms with Crippen LogP contribution in [0.4, 0.5) is 4.39 Å². The molecule has 1 fully saturated rings. The number of aliphatic hydroxyl groups is 1.